The first-order chi connectivity index (χ1) is 7.85. The van der Waals surface area contributed by atoms with Gasteiger partial charge in [0.05, 0.1) is 11.6 Å². The van der Waals surface area contributed by atoms with Crippen LogP contribution >= 0.6 is 0 Å². The van der Waals surface area contributed by atoms with Crippen LogP contribution in [0.15, 0.2) is 18.3 Å². The number of nitrogens with zero attached hydrogens (tertiary/aromatic N) is 3. The number of hydrogen-bond acceptors (Lipinski definition) is 4. The standard InChI is InChI=1S/C12H13N3O/c13-7-10-4-5-12(14-8-10)15-6-2-1-3-11(15)9-16/h4-5,8-9,11H,1-3,6H2. The Morgan fingerprint density at radius 1 is 1.50 bits per heavy atom. The predicted molar refractivity (Wildman–Crippen MR) is 60.0 cm³/mol. The Balaban J connectivity index is 2.21. The van der Waals surface area contributed by atoms with E-state index in [0.29, 0.717) is 5.56 Å². The normalized spacial score (nSPS) is 20.2. The highest BCUT2D eigenvalue weighted by molar-refractivity contribution is 5.65. The van der Waals surface area contributed by atoms with E-state index in [1.165, 1.54) is 0 Å². The number of pyridine rings is 1. The number of carbonyl (C=O) groups is 1. The molecule has 2 rings (SSSR count). The van der Waals surface area contributed by atoms with Gasteiger partial charge in [-0.05, 0) is 31.4 Å². The monoisotopic (exact) mass is 215 g/mol. The molecule has 1 fully saturated rings. The zero-order valence-electron chi connectivity index (χ0n) is 8.97. The number of carbonyl (C=O) groups excluding carboxylic acids is 1. The van der Waals surface area contributed by atoms with E-state index in [1.807, 2.05) is 11.0 Å². The maximum Gasteiger partial charge on any atom is 0.142 e. The molecular weight excluding hydrogens is 202 g/mol. The highest BCUT2D eigenvalue weighted by Gasteiger charge is 2.22. The smallest absolute Gasteiger partial charge is 0.142 e. The molecule has 0 saturated carbocycles. The van der Waals surface area contributed by atoms with E-state index in [-0.39, 0.29) is 6.04 Å². The Morgan fingerprint density at radius 2 is 2.38 bits per heavy atom. The fourth-order valence-electron chi connectivity index (χ4n) is 2.01. The van der Waals surface area contributed by atoms with E-state index in [2.05, 4.69) is 4.98 Å². The molecule has 4 nitrogen and oxygen atoms in total. The van der Waals surface area contributed by atoms with Gasteiger partial charge in [-0.25, -0.2) is 4.98 Å². The van der Waals surface area contributed by atoms with Crippen molar-refractivity contribution in [1.29, 1.82) is 5.26 Å². The van der Waals surface area contributed by atoms with Crippen LogP contribution in [0.2, 0.25) is 0 Å². The van der Waals surface area contributed by atoms with Gasteiger partial charge in [0.15, 0.2) is 0 Å². The lowest BCUT2D eigenvalue weighted by molar-refractivity contribution is -0.109. The van der Waals surface area contributed by atoms with E-state index in [9.17, 15) is 4.79 Å². The molecule has 1 aromatic rings. The van der Waals surface area contributed by atoms with Crippen LogP contribution in [0.3, 0.4) is 0 Å². The molecule has 1 aliphatic heterocycles. The average molecular weight is 215 g/mol. The number of aromatic nitrogens is 1. The minimum Gasteiger partial charge on any atom is -0.347 e. The SMILES string of the molecule is N#Cc1ccc(N2CCCCC2C=O)nc1. The fourth-order valence-corrected chi connectivity index (χ4v) is 2.01. The van der Waals surface area contributed by atoms with Gasteiger partial charge in [-0.1, -0.05) is 0 Å². The van der Waals surface area contributed by atoms with Gasteiger partial charge in [0.2, 0.25) is 0 Å². The molecule has 1 aromatic heterocycles. The van der Waals surface area contributed by atoms with Gasteiger partial charge in [0.1, 0.15) is 18.2 Å². The van der Waals surface area contributed by atoms with E-state index >= 15 is 0 Å². The molecule has 0 amide bonds. The summed E-state index contributed by atoms with van der Waals surface area (Å²) in [7, 11) is 0. The van der Waals surface area contributed by atoms with Crippen molar-refractivity contribution < 1.29 is 4.79 Å². The summed E-state index contributed by atoms with van der Waals surface area (Å²) in [5.41, 5.74) is 0.545. The average Bonchev–Trinajstić information content (AvgIpc) is 2.39. The second kappa shape index (κ2) is 4.75. The van der Waals surface area contributed by atoms with Crippen LogP contribution in [0.5, 0.6) is 0 Å². The van der Waals surface area contributed by atoms with Crippen molar-refractivity contribution in [1.82, 2.24) is 4.98 Å². The largest absolute Gasteiger partial charge is 0.347 e. The molecule has 1 aliphatic rings. The third kappa shape index (κ3) is 2.03. The van der Waals surface area contributed by atoms with Gasteiger partial charge in [-0.3, -0.25) is 0 Å². The highest BCUT2D eigenvalue weighted by atomic mass is 16.1. The summed E-state index contributed by atoms with van der Waals surface area (Å²) in [6, 6.07) is 5.51. The van der Waals surface area contributed by atoms with Crippen LogP contribution in [0.4, 0.5) is 5.82 Å². The number of rotatable bonds is 2. The van der Waals surface area contributed by atoms with E-state index < -0.39 is 0 Å². The predicted octanol–water partition coefficient (Wildman–Crippen LogP) is 1.51. The van der Waals surface area contributed by atoms with Gasteiger partial charge < -0.3 is 9.69 Å². The van der Waals surface area contributed by atoms with Crippen molar-refractivity contribution in [3.63, 3.8) is 0 Å². The Labute approximate surface area is 94.5 Å². The first kappa shape index (κ1) is 10.6. The summed E-state index contributed by atoms with van der Waals surface area (Å²) in [4.78, 5) is 17.2. The molecular formula is C12H13N3O. The molecule has 0 aliphatic carbocycles. The van der Waals surface area contributed by atoms with Crippen molar-refractivity contribution in [2.45, 2.75) is 25.3 Å². The Kier molecular flexibility index (Phi) is 3.16. The Bertz CT molecular complexity index is 407. The quantitative estimate of drug-likeness (QED) is 0.702. The lowest BCUT2D eigenvalue weighted by Gasteiger charge is -2.33. The number of anilines is 1. The number of hydrogen-bond donors (Lipinski definition) is 0. The summed E-state index contributed by atoms with van der Waals surface area (Å²) in [6.07, 6.45) is 5.61. The summed E-state index contributed by atoms with van der Waals surface area (Å²) >= 11 is 0. The molecule has 4 heteroatoms. The maximum atomic E-state index is 10.9. The first-order valence-electron chi connectivity index (χ1n) is 5.43. The molecule has 0 aromatic carbocycles. The molecule has 0 radical (unpaired) electrons. The second-order valence-electron chi connectivity index (χ2n) is 3.91. The summed E-state index contributed by atoms with van der Waals surface area (Å²) < 4.78 is 0. The van der Waals surface area contributed by atoms with Crippen LogP contribution in [-0.4, -0.2) is 23.9 Å². The van der Waals surface area contributed by atoms with Gasteiger partial charge in [0.25, 0.3) is 0 Å². The molecule has 0 N–H and O–H groups in total. The molecule has 0 bridgehead atoms. The van der Waals surface area contributed by atoms with Gasteiger partial charge >= 0.3 is 0 Å². The topological polar surface area (TPSA) is 57.0 Å². The van der Waals surface area contributed by atoms with Crippen LogP contribution in [0, 0.1) is 11.3 Å². The van der Waals surface area contributed by atoms with Gasteiger partial charge in [-0.2, -0.15) is 5.26 Å². The summed E-state index contributed by atoms with van der Waals surface area (Å²) in [5, 5.41) is 8.68. The highest BCUT2D eigenvalue weighted by Crippen LogP contribution is 2.21. The summed E-state index contributed by atoms with van der Waals surface area (Å²) in [5.74, 6) is 0.788. The van der Waals surface area contributed by atoms with Crippen molar-refractivity contribution in [3.8, 4) is 6.07 Å². The lowest BCUT2D eigenvalue weighted by atomic mass is 10.0. The fraction of sp³-hybridized carbons (Fsp3) is 0.417. The number of nitriles is 1. The lowest BCUT2D eigenvalue weighted by Crippen LogP contribution is -2.41. The minimum absolute atomic E-state index is 0.0609. The number of aldehydes is 1. The molecule has 16 heavy (non-hydrogen) atoms. The van der Waals surface area contributed by atoms with Crippen LogP contribution in [0.1, 0.15) is 24.8 Å². The van der Waals surface area contributed by atoms with Crippen molar-refractivity contribution in [3.05, 3.63) is 23.9 Å². The molecule has 1 atom stereocenters. The minimum atomic E-state index is -0.0609. The van der Waals surface area contributed by atoms with Crippen LogP contribution in [-0.2, 0) is 4.79 Å². The van der Waals surface area contributed by atoms with Crippen molar-refractivity contribution >= 4 is 12.1 Å². The molecule has 2 heterocycles. The molecule has 1 unspecified atom stereocenters. The van der Waals surface area contributed by atoms with Gasteiger partial charge in [-0.15, -0.1) is 0 Å². The van der Waals surface area contributed by atoms with Crippen LogP contribution in [0.25, 0.3) is 0 Å². The molecule has 82 valence electrons. The van der Waals surface area contributed by atoms with Crippen molar-refractivity contribution in [2.75, 3.05) is 11.4 Å². The molecule has 1 saturated heterocycles. The second-order valence-corrected chi connectivity index (χ2v) is 3.91. The number of piperidine rings is 1. The van der Waals surface area contributed by atoms with E-state index in [4.69, 9.17) is 5.26 Å². The van der Waals surface area contributed by atoms with Crippen LogP contribution < -0.4 is 4.90 Å². The molecule has 0 spiro atoms. The zero-order chi connectivity index (χ0) is 11.4. The van der Waals surface area contributed by atoms with E-state index in [0.717, 1.165) is 37.9 Å². The third-order valence-corrected chi connectivity index (χ3v) is 2.88. The van der Waals surface area contributed by atoms with Gasteiger partial charge in [0, 0.05) is 12.7 Å². The zero-order valence-corrected chi connectivity index (χ0v) is 8.97. The Hall–Kier alpha value is -1.89. The Morgan fingerprint density at radius 3 is 3.00 bits per heavy atom. The first-order valence-corrected chi connectivity index (χ1v) is 5.43. The van der Waals surface area contributed by atoms with E-state index in [1.54, 1.807) is 18.3 Å². The summed E-state index contributed by atoms with van der Waals surface area (Å²) in [6.45, 7) is 0.863. The third-order valence-electron chi connectivity index (χ3n) is 2.88. The maximum absolute atomic E-state index is 10.9. The van der Waals surface area contributed by atoms with Crippen molar-refractivity contribution in [2.24, 2.45) is 0 Å².